The number of anilines is 1. The van der Waals surface area contributed by atoms with Gasteiger partial charge in [0.1, 0.15) is 29.6 Å². The lowest BCUT2D eigenvalue weighted by atomic mass is 10.1. The van der Waals surface area contributed by atoms with Gasteiger partial charge in [0, 0.05) is 23.1 Å². The number of aromatic nitrogens is 3. The predicted molar refractivity (Wildman–Crippen MR) is 126 cm³/mol. The van der Waals surface area contributed by atoms with Crippen molar-refractivity contribution < 1.29 is 14.2 Å². The maximum Gasteiger partial charge on any atom is 0.163 e. The monoisotopic (exact) mass is 501 g/mol. The molecule has 0 spiro atoms. The van der Waals surface area contributed by atoms with E-state index >= 15 is 0 Å². The molecule has 0 amide bonds. The first-order chi connectivity index (χ1) is 15.4. The minimum atomic E-state index is -0.609. The van der Waals surface area contributed by atoms with Crippen molar-refractivity contribution in [2.45, 2.75) is 50.8 Å². The molecule has 3 aromatic rings. The number of benzene rings is 1. The van der Waals surface area contributed by atoms with E-state index in [0.29, 0.717) is 13.1 Å². The number of nitrogens with zero attached hydrogens (tertiary/aromatic N) is 3. The second-order valence-electron chi connectivity index (χ2n) is 8.87. The van der Waals surface area contributed by atoms with Crippen LogP contribution < -0.4 is 15.8 Å². The van der Waals surface area contributed by atoms with Crippen LogP contribution in [0.1, 0.15) is 31.9 Å². The van der Waals surface area contributed by atoms with Crippen LogP contribution in [-0.2, 0) is 16.0 Å². The Morgan fingerprint density at radius 1 is 1.22 bits per heavy atom. The van der Waals surface area contributed by atoms with Crippen LogP contribution in [0.2, 0.25) is 0 Å². The number of hydrogen-bond donors (Lipinski definition) is 2. The number of methoxy groups -OCH3 is 1. The predicted octanol–water partition coefficient (Wildman–Crippen LogP) is 3.85. The van der Waals surface area contributed by atoms with E-state index in [1.54, 1.807) is 13.4 Å². The molecule has 3 heterocycles. The molecule has 32 heavy (non-hydrogen) atoms. The van der Waals surface area contributed by atoms with Crippen molar-refractivity contribution in [1.82, 2.24) is 14.5 Å². The van der Waals surface area contributed by atoms with Gasteiger partial charge in [-0.05, 0) is 60.4 Å². The average Bonchev–Trinajstić information content (AvgIpc) is 3.40. The van der Waals surface area contributed by atoms with Crippen LogP contribution in [-0.4, -0.2) is 46.2 Å². The van der Waals surface area contributed by atoms with Crippen LogP contribution in [0, 0.1) is 5.92 Å². The third-order valence-corrected chi connectivity index (χ3v) is 7.00. The molecular weight excluding hydrogens is 474 g/mol. The second-order valence-corrected chi connectivity index (χ2v) is 9.72. The molecule has 5 rings (SSSR count). The zero-order chi connectivity index (χ0) is 22.5. The quantitative estimate of drug-likeness (QED) is 0.529. The fourth-order valence-corrected chi connectivity index (χ4v) is 5.50. The highest BCUT2D eigenvalue weighted by atomic mass is 79.9. The summed E-state index contributed by atoms with van der Waals surface area (Å²) in [6.45, 7) is 5.13. The fourth-order valence-electron chi connectivity index (χ4n) is 4.92. The van der Waals surface area contributed by atoms with Crippen molar-refractivity contribution in [3.63, 3.8) is 0 Å². The average molecular weight is 502 g/mol. The van der Waals surface area contributed by atoms with Crippen molar-refractivity contribution >= 4 is 32.8 Å². The zero-order valence-corrected chi connectivity index (χ0v) is 20.0. The summed E-state index contributed by atoms with van der Waals surface area (Å²) in [6.07, 6.45) is 4.49. The van der Waals surface area contributed by atoms with Crippen LogP contribution in [0.5, 0.6) is 5.75 Å². The minimum Gasteiger partial charge on any atom is -0.497 e. The van der Waals surface area contributed by atoms with E-state index in [1.165, 1.54) is 0 Å². The summed E-state index contributed by atoms with van der Waals surface area (Å²) in [7, 11) is 1.67. The Morgan fingerprint density at radius 2 is 1.97 bits per heavy atom. The summed E-state index contributed by atoms with van der Waals surface area (Å²) in [5.41, 5.74) is 8.07. The molecule has 2 fully saturated rings. The standard InChI is InChI=1S/C23H28BrN5O3/c1-23(2)31-19-14(9-25)8-17(20(19)32-23)29-11-16(24)18-21(27-12-28-22(18)29)26-10-13-4-6-15(30-3)7-5-13/h4-7,11-12,14,17,19-20H,8-10,25H2,1-3H3,(H,26,27,28)/t14-,17-,19-,20+/m1/s1. The fraction of sp³-hybridized carbons (Fsp3) is 0.478. The Morgan fingerprint density at radius 3 is 2.69 bits per heavy atom. The van der Waals surface area contributed by atoms with Crippen molar-refractivity contribution in [2.75, 3.05) is 19.0 Å². The molecule has 4 atom stereocenters. The van der Waals surface area contributed by atoms with Crippen LogP contribution >= 0.6 is 15.9 Å². The van der Waals surface area contributed by atoms with Crippen molar-refractivity contribution in [2.24, 2.45) is 11.7 Å². The van der Waals surface area contributed by atoms with Gasteiger partial charge in [-0.15, -0.1) is 0 Å². The van der Waals surface area contributed by atoms with Crippen molar-refractivity contribution in [3.8, 4) is 5.75 Å². The van der Waals surface area contributed by atoms with E-state index in [-0.39, 0.29) is 24.2 Å². The van der Waals surface area contributed by atoms with Gasteiger partial charge in [0.2, 0.25) is 0 Å². The highest BCUT2D eigenvalue weighted by Crippen LogP contribution is 2.48. The molecule has 2 aromatic heterocycles. The van der Waals surface area contributed by atoms with Gasteiger partial charge in [0.15, 0.2) is 5.79 Å². The molecule has 1 aliphatic heterocycles. The molecule has 0 bridgehead atoms. The summed E-state index contributed by atoms with van der Waals surface area (Å²) in [4.78, 5) is 9.13. The third kappa shape index (κ3) is 3.77. The molecule has 1 saturated carbocycles. The summed E-state index contributed by atoms with van der Waals surface area (Å²) in [6, 6.07) is 8.07. The highest BCUT2D eigenvalue weighted by Gasteiger charge is 2.54. The summed E-state index contributed by atoms with van der Waals surface area (Å²) >= 11 is 3.73. The number of hydrogen-bond acceptors (Lipinski definition) is 7. The molecule has 0 radical (unpaired) electrons. The number of ether oxygens (including phenoxy) is 3. The first-order valence-corrected chi connectivity index (χ1v) is 11.6. The molecule has 170 valence electrons. The summed E-state index contributed by atoms with van der Waals surface area (Å²) in [5, 5.41) is 4.41. The summed E-state index contributed by atoms with van der Waals surface area (Å²) in [5.74, 6) is 1.26. The van der Waals surface area contributed by atoms with E-state index in [1.807, 2.05) is 38.1 Å². The highest BCUT2D eigenvalue weighted by molar-refractivity contribution is 9.10. The van der Waals surface area contributed by atoms with Crippen LogP contribution in [0.25, 0.3) is 11.0 Å². The zero-order valence-electron chi connectivity index (χ0n) is 18.4. The summed E-state index contributed by atoms with van der Waals surface area (Å²) < 4.78 is 20.9. The number of nitrogens with one attached hydrogen (secondary N) is 1. The van der Waals surface area contributed by atoms with Gasteiger partial charge < -0.3 is 29.8 Å². The van der Waals surface area contributed by atoms with Crippen molar-refractivity contribution in [1.29, 1.82) is 0 Å². The van der Waals surface area contributed by atoms with E-state index < -0.39 is 5.79 Å². The number of nitrogens with two attached hydrogens (primary N) is 1. The first-order valence-electron chi connectivity index (χ1n) is 10.8. The van der Waals surface area contributed by atoms with Gasteiger partial charge in [-0.2, -0.15) is 0 Å². The molecule has 1 aromatic carbocycles. The van der Waals surface area contributed by atoms with Gasteiger partial charge in [-0.25, -0.2) is 9.97 Å². The molecule has 1 aliphatic carbocycles. The van der Waals surface area contributed by atoms with Crippen molar-refractivity contribution in [3.05, 3.63) is 46.8 Å². The molecular formula is C23H28BrN5O3. The number of halogens is 1. The second kappa shape index (κ2) is 8.30. The molecule has 0 unspecified atom stereocenters. The maximum absolute atomic E-state index is 6.30. The van der Waals surface area contributed by atoms with E-state index in [4.69, 9.17) is 19.9 Å². The largest absolute Gasteiger partial charge is 0.497 e. The number of fused-ring (bicyclic) bond motifs is 2. The lowest BCUT2D eigenvalue weighted by molar-refractivity contribution is -0.159. The number of rotatable bonds is 6. The van der Waals surface area contributed by atoms with Crippen LogP contribution in [0.3, 0.4) is 0 Å². The molecule has 8 nitrogen and oxygen atoms in total. The Bertz CT molecular complexity index is 1120. The Kier molecular flexibility index (Phi) is 5.61. The van der Waals surface area contributed by atoms with Gasteiger partial charge in [0.25, 0.3) is 0 Å². The van der Waals surface area contributed by atoms with E-state index in [0.717, 1.165) is 39.1 Å². The Balaban J connectivity index is 1.44. The van der Waals surface area contributed by atoms with Gasteiger partial charge >= 0.3 is 0 Å². The first kappa shape index (κ1) is 21.6. The van der Waals surface area contributed by atoms with Gasteiger partial charge in [0.05, 0.1) is 24.6 Å². The van der Waals surface area contributed by atoms with Gasteiger partial charge in [-0.3, -0.25) is 0 Å². The maximum atomic E-state index is 6.30. The Labute approximate surface area is 195 Å². The smallest absolute Gasteiger partial charge is 0.163 e. The van der Waals surface area contributed by atoms with Crippen LogP contribution in [0.15, 0.2) is 41.3 Å². The SMILES string of the molecule is COc1ccc(CNc2ncnc3c2c(Br)cn3[C@@H]2C[C@H](CN)[C@H]3OC(C)(C)O[C@H]32)cc1. The van der Waals surface area contributed by atoms with E-state index in [2.05, 4.69) is 42.0 Å². The molecule has 1 saturated heterocycles. The van der Waals surface area contributed by atoms with E-state index in [9.17, 15) is 0 Å². The van der Waals surface area contributed by atoms with Crippen LogP contribution in [0.4, 0.5) is 5.82 Å². The minimum absolute atomic E-state index is 0.00858. The molecule has 9 heteroatoms. The Hall–Kier alpha value is -2.20. The third-order valence-electron chi connectivity index (χ3n) is 6.39. The normalized spacial score (nSPS) is 26.4. The molecule has 2 aliphatic rings. The van der Waals surface area contributed by atoms with Gasteiger partial charge in [-0.1, -0.05) is 12.1 Å². The topological polar surface area (TPSA) is 96.5 Å². The lowest BCUT2D eigenvalue weighted by Gasteiger charge is -2.24. The lowest BCUT2D eigenvalue weighted by Crippen LogP contribution is -2.29. The molecule has 3 N–H and O–H groups in total.